The summed E-state index contributed by atoms with van der Waals surface area (Å²) in [6.45, 7) is 0. The van der Waals surface area contributed by atoms with Crippen molar-refractivity contribution in [3.05, 3.63) is 71.8 Å². The lowest BCUT2D eigenvalue weighted by Crippen LogP contribution is -1.66. The Hall–Kier alpha value is -2.23. The van der Waals surface area contributed by atoms with Crippen molar-refractivity contribution in [2.24, 2.45) is 0 Å². The van der Waals surface area contributed by atoms with Gasteiger partial charge in [-0.3, -0.25) is 0 Å². The Morgan fingerprint density at radius 3 is 1.06 bits per heavy atom. The van der Waals surface area contributed by atoms with E-state index in [1.54, 1.807) is 24.3 Å². The van der Waals surface area contributed by atoms with Gasteiger partial charge in [-0.1, -0.05) is 36.4 Å². The van der Waals surface area contributed by atoms with E-state index in [-0.39, 0.29) is 13.5 Å². The number of hydrogen-bond donors (Lipinski definition) is 0. The predicted molar refractivity (Wildman–Crippen MR) is 72.7 cm³/mol. The van der Waals surface area contributed by atoms with Crippen LogP contribution in [0.3, 0.4) is 0 Å². The van der Waals surface area contributed by atoms with E-state index >= 15 is 0 Å². The second-order valence-corrected chi connectivity index (χ2v) is 2.96. The molecule has 0 saturated heterocycles. The van der Waals surface area contributed by atoms with Crippen molar-refractivity contribution in [2.45, 2.75) is 0 Å². The molecule has 0 aliphatic carbocycles. The molecule has 0 amide bonds. The fourth-order valence-corrected chi connectivity index (χ4v) is 1.03. The summed E-state index contributed by atoms with van der Waals surface area (Å²) in [6, 6.07) is 22.3. The van der Waals surface area contributed by atoms with Gasteiger partial charge in [0.05, 0.1) is 23.3 Å². The molecule has 0 atom stereocenters. The van der Waals surface area contributed by atoms with Crippen LogP contribution in [0.2, 0.25) is 0 Å². The van der Waals surface area contributed by atoms with E-state index in [0.29, 0.717) is 11.1 Å². The van der Waals surface area contributed by atoms with Crippen molar-refractivity contribution in [1.29, 1.82) is 10.5 Å². The highest BCUT2D eigenvalue weighted by Gasteiger charge is 1.80. The summed E-state index contributed by atoms with van der Waals surface area (Å²) in [5.41, 5.74) is 1.43. The first kappa shape index (κ1) is 14.8. The van der Waals surface area contributed by atoms with E-state index in [9.17, 15) is 0 Å². The molecule has 2 rings (SSSR count). The first-order valence-electron chi connectivity index (χ1n) is 4.77. The molecule has 0 N–H and O–H groups in total. The molecule has 0 heterocycles. The second-order valence-electron chi connectivity index (χ2n) is 2.96. The molecular weight excluding hydrogens is 228 g/mol. The molecule has 2 aromatic rings. The zero-order chi connectivity index (χ0) is 11.6. The summed E-state index contributed by atoms with van der Waals surface area (Å²) in [5, 5.41) is 16.6. The van der Waals surface area contributed by atoms with Crippen molar-refractivity contribution >= 4 is 13.5 Å². The Morgan fingerprint density at radius 2 is 0.882 bits per heavy atom. The molecule has 0 aliphatic heterocycles. The maximum absolute atomic E-state index is 8.29. The molecule has 0 fully saturated rings. The number of rotatable bonds is 0. The van der Waals surface area contributed by atoms with Gasteiger partial charge < -0.3 is 0 Å². The molecular formula is C14H12N2S. The van der Waals surface area contributed by atoms with E-state index in [1.165, 1.54) is 0 Å². The highest BCUT2D eigenvalue weighted by atomic mass is 32.1. The normalized spacial score (nSPS) is 7.41. The van der Waals surface area contributed by atoms with E-state index in [0.717, 1.165) is 0 Å². The minimum Gasteiger partial charge on any atom is -0.197 e. The minimum atomic E-state index is 0. The van der Waals surface area contributed by atoms with Crippen LogP contribution in [0.25, 0.3) is 0 Å². The minimum absolute atomic E-state index is 0. The van der Waals surface area contributed by atoms with Gasteiger partial charge in [-0.05, 0) is 24.3 Å². The highest BCUT2D eigenvalue weighted by Crippen LogP contribution is 1.93. The van der Waals surface area contributed by atoms with Crippen molar-refractivity contribution in [3.8, 4) is 12.1 Å². The maximum atomic E-state index is 8.29. The van der Waals surface area contributed by atoms with E-state index in [1.807, 2.05) is 48.5 Å². The first-order chi connectivity index (χ1) is 7.86. The van der Waals surface area contributed by atoms with Gasteiger partial charge >= 0.3 is 0 Å². The molecule has 0 saturated carbocycles. The third kappa shape index (κ3) is 6.04. The zero-order valence-corrected chi connectivity index (χ0v) is 10.2. The summed E-state index contributed by atoms with van der Waals surface area (Å²) in [4.78, 5) is 0. The number of nitrogens with zero attached hydrogens (tertiary/aromatic N) is 2. The number of hydrogen-bond acceptors (Lipinski definition) is 2. The summed E-state index contributed by atoms with van der Waals surface area (Å²) in [6.07, 6.45) is 0. The third-order valence-corrected chi connectivity index (χ3v) is 1.81. The fraction of sp³-hybridized carbons (Fsp3) is 0. The summed E-state index contributed by atoms with van der Waals surface area (Å²) in [5.74, 6) is 0. The van der Waals surface area contributed by atoms with Crippen molar-refractivity contribution < 1.29 is 0 Å². The second kappa shape index (κ2) is 9.03. The molecule has 0 aliphatic rings. The molecule has 0 aromatic heterocycles. The lowest BCUT2D eigenvalue weighted by atomic mass is 10.2. The summed E-state index contributed by atoms with van der Waals surface area (Å²) in [7, 11) is 0. The van der Waals surface area contributed by atoms with Gasteiger partial charge in [-0.15, -0.1) is 0 Å². The van der Waals surface area contributed by atoms with Gasteiger partial charge in [-0.25, -0.2) is 0 Å². The van der Waals surface area contributed by atoms with E-state index < -0.39 is 0 Å². The summed E-state index contributed by atoms with van der Waals surface area (Å²) >= 11 is 0. The quantitative estimate of drug-likeness (QED) is 0.709. The molecule has 84 valence electrons. The van der Waals surface area contributed by atoms with E-state index in [2.05, 4.69) is 0 Å². The number of nitriles is 2. The monoisotopic (exact) mass is 240 g/mol. The molecule has 0 bridgehead atoms. The molecule has 2 nitrogen and oxygen atoms in total. The highest BCUT2D eigenvalue weighted by molar-refractivity contribution is 7.59. The SMILES string of the molecule is N#Cc1ccccc1.N#Cc1ccccc1.S. The molecule has 17 heavy (non-hydrogen) atoms. The molecule has 0 spiro atoms. The molecule has 0 unspecified atom stereocenters. The van der Waals surface area contributed by atoms with Crippen molar-refractivity contribution in [1.82, 2.24) is 0 Å². The van der Waals surface area contributed by atoms with Crippen LogP contribution in [0.5, 0.6) is 0 Å². The van der Waals surface area contributed by atoms with E-state index in [4.69, 9.17) is 10.5 Å². The Balaban J connectivity index is 0.000000284. The van der Waals surface area contributed by atoms with Gasteiger partial charge in [0.15, 0.2) is 0 Å². The maximum Gasteiger partial charge on any atom is 0.0991 e. The van der Waals surface area contributed by atoms with Crippen LogP contribution in [0, 0.1) is 22.7 Å². The average molecular weight is 240 g/mol. The number of benzene rings is 2. The van der Waals surface area contributed by atoms with Gasteiger partial charge in [-0.2, -0.15) is 24.0 Å². The molecule has 3 heteroatoms. The lowest BCUT2D eigenvalue weighted by Gasteiger charge is -1.80. The van der Waals surface area contributed by atoms with Crippen molar-refractivity contribution in [2.75, 3.05) is 0 Å². The summed E-state index contributed by atoms with van der Waals surface area (Å²) < 4.78 is 0. The van der Waals surface area contributed by atoms with Gasteiger partial charge in [0.2, 0.25) is 0 Å². The Kier molecular flexibility index (Phi) is 7.84. The lowest BCUT2D eigenvalue weighted by molar-refractivity contribution is 1.49. The van der Waals surface area contributed by atoms with Crippen LogP contribution < -0.4 is 0 Å². The van der Waals surface area contributed by atoms with Crippen LogP contribution in [-0.4, -0.2) is 0 Å². The third-order valence-electron chi connectivity index (χ3n) is 1.81. The van der Waals surface area contributed by atoms with Crippen LogP contribution in [0.1, 0.15) is 11.1 Å². The predicted octanol–water partition coefficient (Wildman–Crippen LogP) is 3.23. The zero-order valence-electron chi connectivity index (χ0n) is 9.17. The van der Waals surface area contributed by atoms with Crippen molar-refractivity contribution in [3.63, 3.8) is 0 Å². The average Bonchev–Trinajstić information content (AvgIpc) is 2.41. The van der Waals surface area contributed by atoms with Crippen LogP contribution in [0.4, 0.5) is 0 Å². The van der Waals surface area contributed by atoms with Gasteiger partial charge in [0, 0.05) is 0 Å². The topological polar surface area (TPSA) is 47.6 Å². The van der Waals surface area contributed by atoms with Crippen LogP contribution in [-0.2, 0) is 0 Å². The Bertz CT molecular complexity index is 446. The van der Waals surface area contributed by atoms with Crippen LogP contribution >= 0.6 is 13.5 Å². The smallest absolute Gasteiger partial charge is 0.0991 e. The first-order valence-corrected chi connectivity index (χ1v) is 4.77. The van der Waals surface area contributed by atoms with Crippen LogP contribution in [0.15, 0.2) is 60.7 Å². The van der Waals surface area contributed by atoms with Gasteiger partial charge in [0.1, 0.15) is 0 Å². The largest absolute Gasteiger partial charge is 0.197 e. The Morgan fingerprint density at radius 1 is 0.588 bits per heavy atom. The standard InChI is InChI=1S/2C7H5N.H2S/c2*8-6-7-4-2-1-3-5-7;/h2*1-5H;1H2. The fourth-order valence-electron chi connectivity index (χ4n) is 1.03. The van der Waals surface area contributed by atoms with Gasteiger partial charge in [0.25, 0.3) is 0 Å². The molecule has 2 aromatic carbocycles. The Labute approximate surface area is 108 Å². The molecule has 0 radical (unpaired) electrons.